The van der Waals surface area contributed by atoms with Crippen molar-refractivity contribution in [3.8, 4) is 0 Å². The Morgan fingerprint density at radius 3 is 2.80 bits per heavy atom. The van der Waals surface area contributed by atoms with E-state index in [0.717, 1.165) is 11.3 Å². The lowest BCUT2D eigenvalue weighted by Crippen LogP contribution is -2.23. The highest BCUT2D eigenvalue weighted by Crippen LogP contribution is 2.08. The lowest BCUT2D eigenvalue weighted by atomic mass is 10.2. The lowest BCUT2D eigenvalue weighted by Gasteiger charge is -2.07. The largest absolute Gasteiger partial charge is 0.381 e. The van der Waals surface area contributed by atoms with Gasteiger partial charge in [0.2, 0.25) is 0 Å². The van der Waals surface area contributed by atoms with Gasteiger partial charge < -0.3 is 10.6 Å². The summed E-state index contributed by atoms with van der Waals surface area (Å²) in [5, 5.41) is 5.94. The Bertz CT molecular complexity index is 583. The number of anilines is 1. The summed E-state index contributed by atoms with van der Waals surface area (Å²) < 4.78 is 0. The summed E-state index contributed by atoms with van der Waals surface area (Å²) in [6, 6.07) is 7.24. The summed E-state index contributed by atoms with van der Waals surface area (Å²) in [4.78, 5) is 20.0. The van der Waals surface area contributed by atoms with Crippen LogP contribution in [0.4, 0.5) is 5.69 Å². The minimum Gasteiger partial charge on any atom is -0.381 e. The summed E-state index contributed by atoms with van der Waals surface area (Å²) >= 11 is 0. The quantitative estimate of drug-likeness (QED) is 0.786. The molecule has 2 N–H and O–H groups in total. The van der Waals surface area contributed by atoms with Crippen LogP contribution in [0.5, 0.6) is 0 Å². The molecule has 1 amide bonds. The fourth-order valence-corrected chi connectivity index (χ4v) is 1.63. The highest BCUT2D eigenvalue weighted by Gasteiger charge is 2.07. The molecule has 0 aliphatic heterocycles. The normalized spacial score (nSPS) is 9.80. The molecule has 0 atom stereocenters. The highest BCUT2D eigenvalue weighted by atomic mass is 16.1. The van der Waals surface area contributed by atoms with Crippen molar-refractivity contribution in [1.29, 1.82) is 0 Å². The van der Waals surface area contributed by atoms with Gasteiger partial charge in [-0.2, -0.15) is 0 Å². The lowest BCUT2D eigenvalue weighted by molar-refractivity contribution is 0.0946. The Labute approximate surface area is 117 Å². The molecule has 2 aromatic rings. The first-order valence-electron chi connectivity index (χ1n) is 6.27. The topological polar surface area (TPSA) is 66.9 Å². The third kappa shape index (κ3) is 3.91. The monoisotopic (exact) mass is 268 g/mol. The van der Waals surface area contributed by atoms with Crippen molar-refractivity contribution in [2.24, 2.45) is 0 Å². The molecule has 0 unspecified atom stereocenters. The van der Waals surface area contributed by atoms with E-state index < -0.39 is 0 Å². The van der Waals surface area contributed by atoms with Crippen molar-refractivity contribution in [2.75, 3.05) is 11.9 Å². The third-order valence-electron chi connectivity index (χ3n) is 2.65. The van der Waals surface area contributed by atoms with Gasteiger partial charge in [-0.1, -0.05) is 6.08 Å². The number of carbonyl (C=O) groups excluding carboxylic acids is 1. The zero-order valence-corrected chi connectivity index (χ0v) is 11.0. The number of hydrogen-bond donors (Lipinski definition) is 2. The Morgan fingerprint density at radius 1 is 1.25 bits per heavy atom. The highest BCUT2D eigenvalue weighted by molar-refractivity contribution is 5.93. The summed E-state index contributed by atoms with van der Waals surface area (Å²) in [6.07, 6.45) is 6.75. The summed E-state index contributed by atoms with van der Waals surface area (Å²) in [6.45, 7) is 4.73. The number of amides is 1. The zero-order chi connectivity index (χ0) is 14.2. The minimum absolute atomic E-state index is 0.205. The number of hydrogen-bond acceptors (Lipinski definition) is 4. The number of nitrogens with one attached hydrogen (secondary N) is 2. The average Bonchev–Trinajstić information content (AvgIpc) is 2.52. The zero-order valence-electron chi connectivity index (χ0n) is 11.0. The van der Waals surface area contributed by atoms with Gasteiger partial charge in [-0.15, -0.1) is 6.58 Å². The Hall–Kier alpha value is -2.69. The first-order chi connectivity index (χ1) is 9.79. The van der Waals surface area contributed by atoms with Crippen molar-refractivity contribution < 1.29 is 4.79 Å². The Morgan fingerprint density at radius 2 is 2.05 bits per heavy atom. The molecule has 2 rings (SSSR count). The van der Waals surface area contributed by atoms with Crippen LogP contribution in [-0.4, -0.2) is 22.4 Å². The summed E-state index contributed by atoms with van der Waals surface area (Å²) in [5.41, 5.74) is 2.22. The number of nitrogens with zero attached hydrogens (tertiary/aromatic N) is 2. The van der Waals surface area contributed by atoms with E-state index in [9.17, 15) is 4.79 Å². The molecule has 102 valence electrons. The van der Waals surface area contributed by atoms with Gasteiger partial charge in [0.05, 0.1) is 0 Å². The van der Waals surface area contributed by atoms with Crippen LogP contribution in [0.25, 0.3) is 0 Å². The standard InChI is InChI=1S/C15H16N4O/c1-2-6-17-13-5-9-18-14(10-13)15(20)19-11-12-3-7-16-8-4-12/h2-5,7-10H,1,6,11H2,(H,17,18)(H,19,20). The van der Waals surface area contributed by atoms with Crippen LogP contribution >= 0.6 is 0 Å². The van der Waals surface area contributed by atoms with Crippen LogP contribution in [0, 0.1) is 0 Å². The van der Waals surface area contributed by atoms with E-state index in [1.807, 2.05) is 18.2 Å². The van der Waals surface area contributed by atoms with Crippen molar-refractivity contribution in [2.45, 2.75) is 6.54 Å². The molecule has 2 aromatic heterocycles. The van der Waals surface area contributed by atoms with Gasteiger partial charge in [0.1, 0.15) is 5.69 Å². The molecule has 0 aliphatic carbocycles. The maximum atomic E-state index is 12.0. The van der Waals surface area contributed by atoms with E-state index in [4.69, 9.17) is 0 Å². The number of carbonyl (C=O) groups is 1. The van der Waals surface area contributed by atoms with Gasteiger partial charge in [0.25, 0.3) is 5.91 Å². The van der Waals surface area contributed by atoms with Gasteiger partial charge in [0.15, 0.2) is 0 Å². The first-order valence-corrected chi connectivity index (χ1v) is 6.27. The van der Waals surface area contributed by atoms with Gasteiger partial charge in [-0.3, -0.25) is 14.8 Å². The van der Waals surface area contributed by atoms with Crippen LogP contribution in [0.15, 0.2) is 55.5 Å². The van der Waals surface area contributed by atoms with Crippen molar-refractivity contribution in [1.82, 2.24) is 15.3 Å². The second-order valence-corrected chi connectivity index (χ2v) is 4.14. The van der Waals surface area contributed by atoms with E-state index in [1.54, 1.807) is 30.7 Å². The Balaban J connectivity index is 1.96. The average molecular weight is 268 g/mol. The molecule has 5 heteroatoms. The second-order valence-electron chi connectivity index (χ2n) is 4.14. The SMILES string of the molecule is C=CCNc1ccnc(C(=O)NCc2ccncc2)c1. The van der Waals surface area contributed by atoms with E-state index in [-0.39, 0.29) is 5.91 Å². The van der Waals surface area contributed by atoms with E-state index >= 15 is 0 Å². The maximum absolute atomic E-state index is 12.0. The van der Waals surface area contributed by atoms with E-state index in [2.05, 4.69) is 27.2 Å². The molecule has 2 heterocycles. The van der Waals surface area contributed by atoms with Crippen LogP contribution in [0.1, 0.15) is 16.1 Å². The molecule has 0 bridgehead atoms. The van der Waals surface area contributed by atoms with E-state index in [1.165, 1.54) is 0 Å². The molecular weight excluding hydrogens is 252 g/mol. The minimum atomic E-state index is -0.205. The fraction of sp³-hybridized carbons (Fsp3) is 0.133. The number of aromatic nitrogens is 2. The van der Waals surface area contributed by atoms with E-state index in [0.29, 0.717) is 18.8 Å². The predicted octanol–water partition coefficient (Wildman–Crippen LogP) is 2.00. The molecule has 0 spiro atoms. The second kappa shape index (κ2) is 7.04. The molecule has 0 fully saturated rings. The predicted molar refractivity (Wildman–Crippen MR) is 78.3 cm³/mol. The molecule has 0 saturated heterocycles. The fourth-order valence-electron chi connectivity index (χ4n) is 1.63. The van der Waals surface area contributed by atoms with Gasteiger partial charge in [-0.25, -0.2) is 0 Å². The van der Waals surface area contributed by atoms with Crippen molar-refractivity contribution in [3.05, 3.63) is 66.8 Å². The van der Waals surface area contributed by atoms with Crippen molar-refractivity contribution in [3.63, 3.8) is 0 Å². The van der Waals surface area contributed by atoms with Gasteiger partial charge in [-0.05, 0) is 29.8 Å². The molecule has 0 radical (unpaired) electrons. The summed E-state index contributed by atoms with van der Waals surface area (Å²) in [7, 11) is 0. The smallest absolute Gasteiger partial charge is 0.270 e. The van der Waals surface area contributed by atoms with Gasteiger partial charge >= 0.3 is 0 Å². The Kier molecular flexibility index (Phi) is 4.83. The summed E-state index contributed by atoms with van der Waals surface area (Å²) in [5.74, 6) is -0.205. The van der Waals surface area contributed by atoms with Crippen LogP contribution < -0.4 is 10.6 Å². The maximum Gasteiger partial charge on any atom is 0.270 e. The molecule has 0 aliphatic rings. The molecular formula is C15H16N4O. The third-order valence-corrected chi connectivity index (χ3v) is 2.65. The molecule has 20 heavy (non-hydrogen) atoms. The number of rotatable bonds is 6. The van der Waals surface area contributed by atoms with Crippen LogP contribution in [-0.2, 0) is 6.54 Å². The number of pyridine rings is 2. The van der Waals surface area contributed by atoms with Crippen molar-refractivity contribution >= 4 is 11.6 Å². The van der Waals surface area contributed by atoms with Crippen LogP contribution in [0.3, 0.4) is 0 Å². The van der Waals surface area contributed by atoms with Gasteiger partial charge in [0, 0.05) is 37.4 Å². The molecule has 0 saturated carbocycles. The molecule has 0 aromatic carbocycles. The molecule has 5 nitrogen and oxygen atoms in total. The van der Waals surface area contributed by atoms with Crippen LogP contribution in [0.2, 0.25) is 0 Å². The first kappa shape index (κ1) is 13.7.